The van der Waals surface area contributed by atoms with E-state index in [1.807, 2.05) is 6.07 Å². The number of benzene rings is 1. The van der Waals surface area contributed by atoms with Crippen LogP contribution in [0.1, 0.15) is 51.0 Å². The fraction of sp³-hybridized carbons (Fsp3) is 0.429. The zero-order chi connectivity index (χ0) is 21.5. The van der Waals surface area contributed by atoms with Gasteiger partial charge >= 0.3 is 0 Å². The SMILES string of the molecule is CC(C)S(=O)(=O)NC1CCC(c2cc(-c3ccc(F)cc3F)nc3nc[nH]c23)CC1. The Hall–Kier alpha value is -2.39. The van der Waals surface area contributed by atoms with Gasteiger partial charge in [0.2, 0.25) is 10.0 Å². The molecule has 30 heavy (non-hydrogen) atoms. The van der Waals surface area contributed by atoms with Crippen LogP contribution in [0.25, 0.3) is 22.4 Å². The minimum Gasteiger partial charge on any atom is -0.343 e. The first-order chi connectivity index (χ1) is 14.2. The highest BCUT2D eigenvalue weighted by Crippen LogP contribution is 2.37. The zero-order valence-electron chi connectivity index (χ0n) is 16.8. The third-order valence-electron chi connectivity index (χ3n) is 5.75. The number of nitrogens with one attached hydrogen (secondary N) is 2. The number of sulfonamides is 1. The number of hydrogen-bond acceptors (Lipinski definition) is 4. The molecule has 2 aromatic heterocycles. The summed E-state index contributed by atoms with van der Waals surface area (Å²) in [5, 5.41) is -0.465. The van der Waals surface area contributed by atoms with E-state index in [-0.39, 0.29) is 17.5 Å². The molecular weight excluding hydrogens is 410 g/mol. The second-order valence-electron chi connectivity index (χ2n) is 8.08. The molecule has 0 atom stereocenters. The predicted molar refractivity (Wildman–Crippen MR) is 111 cm³/mol. The third-order valence-corrected chi connectivity index (χ3v) is 7.66. The summed E-state index contributed by atoms with van der Waals surface area (Å²) < 4.78 is 54.8. The fourth-order valence-corrected chi connectivity index (χ4v) is 4.97. The summed E-state index contributed by atoms with van der Waals surface area (Å²) in [4.78, 5) is 11.8. The van der Waals surface area contributed by atoms with E-state index >= 15 is 0 Å². The number of aromatic nitrogens is 3. The molecule has 2 N–H and O–H groups in total. The van der Waals surface area contributed by atoms with Gasteiger partial charge in [-0.25, -0.2) is 31.9 Å². The first kappa shape index (κ1) is 20.9. The number of aromatic amines is 1. The Morgan fingerprint density at radius 1 is 1.13 bits per heavy atom. The second-order valence-corrected chi connectivity index (χ2v) is 10.4. The maximum atomic E-state index is 14.3. The van der Waals surface area contributed by atoms with Crippen LogP contribution in [0.15, 0.2) is 30.6 Å². The molecule has 4 rings (SSSR count). The van der Waals surface area contributed by atoms with Gasteiger partial charge in [0.25, 0.3) is 0 Å². The van der Waals surface area contributed by atoms with E-state index in [9.17, 15) is 17.2 Å². The van der Waals surface area contributed by atoms with Crippen LogP contribution in [0, 0.1) is 11.6 Å². The molecule has 0 radical (unpaired) electrons. The van der Waals surface area contributed by atoms with Crippen LogP contribution >= 0.6 is 0 Å². The molecule has 0 aliphatic heterocycles. The summed E-state index contributed by atoms with van der Waals surface area (Å²) in [7, 11) is -3.31. The average Bonchev–Trinajstić information content (AvgIpc) is 3.16. The van der Waals surface area contributed by atoms with E-state index in [1.165, 1.54) is 12.1 Å². The van der Waals surface area contributed by atoms with Crippen LogP contribution in [0.5, 0.6) is 0 Å². The number of hydrogen-bond donors (Lipinski definition) is 2. The summed E-state index contributed by atoms with van der Waals surface area (Å²) in [5.41, 5.74) is 2.88. The second kappa shape index (κ2) is 8.03. The highest BCUT2D eigenvalue weighted by molar-refractivity contribution is 7.90. The first-order valence-electron chi connectivity index (χ1n) is 10.0. The molecule has 1 aliphatic rings. The van der Waals surface area contributed by atoms with E-state index in [0.717, 1.165) is 42.8 Å². The van der Waals surface area contributed by atoms with E-state index in [2.05, 4.69) is 19.7 Å². The Labute approximate surface area is 174 Å². The van der Waals surface area contributed by atoms with Gasteiger partial charge in [-0.3, -0.25) is 0 Å². The molecule has 1 fully saturated rings. The van der Waals surface area contributed by atoms with Crippen molar-refractivity contribution >= 4 is 21.2 Å². The molecule has 1 aromatic carbocycles. The van der Waals surface area contributed by atoms with Crippen molar-refractivity contribution in [3.8, 4) is 11.3 Å². The quantitative estimate of drug-likeness (QED) is 0.628. The van der Waals surface area contributed by atoms with Gasteiger partial charge in [-0.05, 0) is 69.2 Å². The van der Waals surface area contributed by atoms with Crippen molar-refractivity contribution in [2.45, 2.75) is 56.7 Å². The number of halogens is 2. The molecule has 0 spiro atoms. The molecule has 0 amide bonds. The van der Waals surface area contributed by atoms with Crippen LogP contribution in [-0.2, 0) is 10.0 Å². The van der Waals surface area contributed by atoms with Crippen LogP contribution < -0.4 is 4.72 Å². The van der Waals surface area contributed by atoms with Crippen molar-refractivity contribution < 1.29 is 17.2 Å². The van der Waals surface area contributed by atoms with Crippen molar-refractivity contribution in [3.63, 3.8) is 0 Å². The molecule has 3 aromatic rings. The molecule has 1 saturated carbocycles. The van der Waals surface area contributed by atoms with E-state index in [1.54, 1.807) is 20.2 Å². The molecule has 1 aliphatic carbocycles. The Bertz CT molecular complexity index is 1170. The lowest BCUT2D eigenvalue weighted by molar-refractivity contribution is 0.374. The zero-order valence-corrected chi connectivity index (χ0v) is 17.6. The Morgan fingerprint density at radius 3 is 2.53 bits per heavy atom. The number of imidazole rings is 1. The largest absolute Gasteiger partial charge is 0.343 e. The van der Waals surface area contributed by atoms with Crippen LogP contribution in [0.4, 0.5) is 8.78 Å². The van der Waals surface area contributed by atoms with Gasteiger partial charge in [0.05, 0.1) is 22.8 Å². The standard InChI is InChI=1S/C21H24F2N4O2S/c1-12(2)30(28,29)27-15-6-3-13(4-7-15)17-10-19(26-21-20(17)24-11-25-21)16-8-5-14(22)9-18(16)23/h5,8-13,15,27H,3-4,6-7H2,1-2H3,(H,24,25,26). The molecule has 9 heteroatoms. The maximum absolute atomic E-state index is 14.3. The van der Waals surface area contributed by atoms with Gasteiger partial charge in [0.1, 0.15) is 11.6 Å². The van der Waals surface area contributed by atoms with Crippen molar-refractivity contribution in [3.05, 3.63) is 47.8 Å². The topological polar surface area (TPSA) is 87.7 Å². The van der Waals surface area contributed by atoms with Gasteiger partial charge in [-0.1, -0.05) is 0 Å². The summed E-state index contributed by atoms with van der Waals surface area (Å²) in [6.45, 7) is 3.33. The van der Waals surface area contributed by atoms with Gasteiger partial charge in [-0.15, -0.1) is 0 Å². The molecule has 0 saturated heterocycles. The van der Waals surface area contributed by atoms with E-state index < -0.39 is 26.9 Å². The highest BCUT2D eigenvalue weighted by Gasteiger charge is 2.28. The molecule has 0 bridgehead atoms. The molecular formula is C21H24F2N4O2S. The normalized spacial score (nSPS) is 20.2. The lowest BCUT2D eigenvalue weighted by Gasteiger charge is -2.30. The monoisotopic (exact) mass is 434 g/mol. The van der Waals surface area contributed by atoms with Crippen molar-refractivity contribution in [2.24, 2.45) is 0 Å². The Morgan fingerprint density at radius 2 is 1.87 bits per heavy atom. The van der Waals surface area contributed by atoms with Crippen molar-refractivity contribution in [2.75, 3.05) is 0 Å². The Kier molecular flexibility index (Phi) is 5.59. The number of fused-ring (bicyclic) bond motifs is 1. The summed E-state index contributed by atoms with van der Waals surface area (Å²) in [6, 6.07) is 5.19. The minimum absolute atomic E-state index is 0.0817. The molecule has 6 nitrogen and oxygen atoms in total. The highest BCUT2D eigenvalue weighted by atomic mass is 32.2. The van der Waals surface area contributed by atoms with Gasteiger partial charge in [0, 0.05) is 17.7 Å². The fourth-order valence-electron chi connectivity index (χ4n) is 4.00. The predicted octanol–water partition coefficient (Wildman–Crippen LogP) is 4.26. The Balaban J connectivity index is 1.61. The lowest BCUT2D eigenvalue weighted by Crippen LogP contribution is -2.40. The van der Waals surface area contributed by atoms with Crippen molar-refractivity contribution in [1.82, 2.24) is 19.7 Å². The van der Waals surface area contributed by atoms with E-state index in [0.29, 0.717) is 11.3 Å². The van der Waals surface area contributed by atoms with Gasteiger partial charge < -0.3 is 4.98 Å². The van der Waals surface area contributed by atoms with Gasteiger partial charge in [0.15, 0.2) is 5.65 Å². The lowest BCUT2D eigenvalue weighted by atomic mass is 9.81. The summed E-state index contributed by atoms with van der Waals surface area (Å²) in [6.07, 6.45) is 4.56. The van der Waals surface area contributed by atoms with Crippen LogP contribution in [0.2, 0.25) is 0 Å². The smallest absolute Gasteiger partial charge is 0.214 e. The first-order valence-corrected chi connectivity index (χ1v) is 11.6. The van der Waals surface area contributed by atoms with E-state index in [4.69, 9.17) is 0 Å². The van der Waals surface area contributed by atoms with Crippen LogP contribution in [0.3, 0.4) is 0 Å². The molecule has 2 heterocycles. The number of H-pyrrole nitrogens is 1. The maximum Gasteiger partial charge on any atom is 0.214 e. The average molecular weight is 435 g/mol. The molecule has 160 valence electrons. The number of pyridine rings is 1. The molecule has 0 unspecified atom stereocenters. The summed E-state index contributed by atoms with van der Waals surface area (Å²) in [5.74, 6) is -1.15. The number of nitrogens with zero attached hydrogens (tertiary/aromatic N) is 2. The minimum atomic E-state index is -3.31. The summed E-state index contributed by atoms with van der Waals surface area (Å²) >= 11 is 0. The van der Waals surface area contributed by atoms with Gasteiger partial charge in [-0.2, -0.15) is 0 Å². The van der Waals surface area contributed by atoms with Crippen LogP contribution in [-0.4, -0.2) is 34.7 Å². The van der Waals surface area contributed by atoms with Crippen molar-refractivity contribution in [1.29, 1.82) is 0 Å². The third kappa shape index (κ3) is 4.09. The number of rotatable bonds is 5.